The third-order valence-electron chi connectivity index (χ3n) is 3.99. The number of ether oxygens (including phenoxy) is 1. The highest BCUT2D eigenvalue weighted by atomic mass is 16.5. The second-order valence-electron chi connectivity index (χ2n) is 5.20. The number of carbonyl (C=O) groups is 2. The summed E-state index contributed by atoms with van der Waals surface area (Å²) >= 11 is 0. The third kappa shape index (κ3) is 3.22. The summed E-state index contributed by atoms with van der Waals surface area (Å²) in [5.74, 6) is -1.82. The summed E-state index contributed by atoms with van der Waals surface area (Å²) in [5.41, 5.74) is 0. The van der Waals surface area contributed by atoms with Gasteiger partial charge in [-0.3, -0.25) is 9.59 Å². The maximum Gasteiger partial charge on any atom is 0.307 e. The van der Waals surface area contributed by atoms with Gasteiger partial charge in [0, 0.05) is 6.54 Å². The van der Waals surface area contributed by atoms with E-state index < -0.39 is 11.9 Å². The number of hydrogen-bond acceptors (Lipinski definition) is 3. The fourth-order valence-corrected chi connectivity index (χ4v) is 2.70. The van der Waals surface area contributed by atoms with Gasteiger partial charge < -0.3 is 15.2 Å². The largest absolute Gasteiger partial charge is 0.481 e. The van der Waals surface area contributed by atoms with E-state index in [0.29, 0.717) is 32.1 Å². The number of carboxylic acid groups (broad SMARTS) is 1. The maximum atomic E-state index is 11.7. The van der Waals surface area contributed by atoms with Gasteiger partial charge in [-0.05, 0) is 25.7 Å². The summed E-state index contributed by atoms with van der Waals surface area (Å²) in [4.78, 5) is 22.5. The Morgan fingerprint density at radius 2 is 1.78 bits per heavy atom. The Morgan fingerprint density at radius 3 is 2.33 bits per heavy atom. The number of aliphatic carboxylic acids is 1. The Bertz CT molecular complexity index is 312. The van der Waals surface area contributed by atoms with Crippen molar-refractivity contribution < 1.29 is 19.4 Å². The van der Waals surface area contributed by atoms with Gasteiger partial charge in [-0.25, -0.2) is 0 Å². The van der Waals surface area contributed by atoms with Crippen molar-refractivity contribution in [3.05, 3.63) is 0 Å². The SMILES string of the molecule is O=C(O)C1CCC1C(=O)NCCOC1CCCC1. The molecular formula is C13H21NO4. The topological polar surface area (TPSA) is 75.6 Å². The molecule has 0 heterocycles. The van der Waals surface area contributed by atoms with E-state index in [9.17, 15) is 9.59 Å². The second-order valence-corrected chi connectivity index (χ2v) is 5.20. The first kappa shape index (κ1) is 13.3. The molecule has 0 aromatic rings. The van der Waals surface area contributed by atoms with Crippen molar-refractivity contribution >= 4 is 11.9 Å². The molecule has 2 saturated carbocycles. The molecule has 0 bridgehead atoms. The van der Waals surface area contributed by atoms with Gasteiger partial charge in [-0.2, -0.15) is 0 Å². The first-order chi connectivity index (χ1) is 8.68. The van der Waals surface area contributed by atoms with Crippen LogP contribution in [0, 0.1) is 11.8 Å². The minimum atomic E-state index is -0.858. The average molecular weight is 255 g/mol. The van der Waals surface area contributed by atoms with Crippen LogP contribution in [0.2, 0.25) is 0 Å². The van der Waals surface area contributed by atoms with Crippen molar-refractivity contribution in [2.45, 2.75) is 44.6 Å². The number of hydrogen-bond donors (Lipinski definition) is 2. The highest BCUT2D eigenvalue weighted by Crippen LogP contribution is 2.34. The summed E-state index contributed by atoms with van der Waals surface area (Å²) in [5, 5.41) is 11.6. The van der Waals surface area contributed by atoms with Crippen LogP contribution < -0.4 is 5.32 Å². The molecule has 0 radical (unpaired) electrons. The Labute approximate surface area is 107 Å². The Hall–Kier alpha value is -1.10. The predicted molar refractivity (Wildman–Crippen MR) is 65.1 cm³/mol. The summed E-state index contributed by atoms with van der Waals surface area (Å²) in [7, 11) is 0. The number of carboxylic acids is 1. The van der Waals surface area contributed by atoms with E-state index in [1.54, 1.807) is 0 Å². The number of amides is 1. The molecule has 0 aromatic heterocycles. The third-order valence-corrected chi connectivity index (χ3v) is 3.99. The molecule has 2 unspecified atom stereocenters. The quantitative estimate of drug-likeness (QED) is 0.699. The van der Waals surface area contributed by atoms with Crippen molar-refractivity contribution in [3.63, 3.8) is 0 Å². The molecule has 0 saturated heterocycles. The van der Waals surface area contributed by atoms with E-state index in [0.717, 1.165) is 12.8 Å². The first-order valence-corrected chi connectivity index (χ1v) is 6.80. The van der Waals surface area contributed by atoms with Gasteiger partial charge >= 0.3 is 5.97 Å². The van der Waals surface area contributed by atoms with Crippen LogP contribution in [0.25, 0.3) is 0 Å². The zero-order valence-corrected chi connectivity index (χ0v) is 10.6. The molecular weight excluding hydrogens is 234 g/mol. The summed E-state index contributed by atoms with van der Waals surface area (Å²) in [6.07, 6.45) is 6.38. The molecule has 2 fully saturated rings. The molecule has 0 spiro atoms. The summed E-state index contributed by atoms with van der Waals surface area (Å²) in [6.45, 7) is 1.01. The first-order valence-electron chi connectivity index (χ1n) is 6.80. The van der Waals surface area contributed by atoms with Crippen LogP contribution in [-0.4, -0.2) is 36.2 Å². The number of rotatable bonds is 6. The van der Waals surface area contributed by atoms with Gasteiger partial charge in [0.25, 0.3) is 0 Å². The molecule has 5 heteroatoms. The van der Waals surface area contributed by atoms with Crippen LogP contribution in [0.15, 0.2) is 0 Å². The van der Waals surface area contributed by atoms with Gasteiger partial charge in [-0.1, -0.05) is 12.8 Å². The van der Waals surface area contributed by atoms with E-state index in [1.165, 1.54) is 12.8 Å². The van der Waals surface area contributed by atoms with E-state index in [1.807, 2.05) is 0 Å². The molecule has 1 amide bonds. The lowest BCUT2D eigenvalue weighted by Crippen LogP contribution is -2.44. The van der Waals surface area contributed by atoms with Crippen LogP contribution in [0.5, 0.6) is 0 Å². The molecule has 5 nitrogen and oxygen atoms in total. The Morgan fingerprint density at radius 1 is 1.11 bits per heavy atom. The van der Waals surface area contributed by atoms with Crippen molar-refractivity contribution in [1.82, 2.24) is 5.32 Å². The van der Waals surface area contributed by atoms with E-state index in [-0.39, 0.29) is 11.8 Å². The van der Waals surface area contributed by atoms with Crippen LogP contribution >= 0.6 is 0 Å². The molecule has 102 valence electrons. The highest BCUT2D eigenvalue weighted by Gasteiger charge is 2.41. The molecule has 18 heavy (non-hydrogen) atoms. The summed E-state index contributed by atoms with van der Waals surface area (Å²) < 4.78 is 5.63. The lowest BCUT2D eigenvalue weighted by atomic mass is 9.73. The molecule has 2 atom stereocenters. The van der Waals surface area contributed by atoms with Gasteiger partial charge in [0.15, 0.2) is 0 Å². The van der Waals surface area contributed by atoms with Gasteiger partial charge in [0.1, 0.15) is 0 Å². The highest BCUT2D eigenvalue weighted by molar-refractivity contribution is 5.86. The predicted octanol–water partition coefficient (Wildman–Crippen LogP) is 1.17. The second kappa shape index (κ2) is 6.18. The fourth-order valence-electron chi connectivity index (χ4n) is 2.70. The lowest BCUT2D eigenvalue weighted by Gasteiger charge is -2.31. The number of carbonyl (C=O) groups excluding carboxylic acids is 1. The van der Waals surface area contributed by atoms with Gasteiger partial charge in [0.05, 0.1) is 24.5 Å². The maximum absolute atomic E-state index is 11.7. The normalized spacial score (nSPS) is 27.8. The fraction of sp³-hybridized carbons (Fsp3) is 0.846. The Balaban J connectivity index is 1.58. The molecule has 2 aliphatic rings. The zero-order chi connectivity index (χ0) is 13.0. The van der Waals surface area contributed by atoms with E-state index in [4.69, 9.17) is 9.84 Å². The standard InChI is InChI=1S/C13H21NO4/c15-12(10-5-6-11(10)13(16)17)14-7-8-18-9-3-1-2-4-9/h9-11H,1-8H2,(H,14,15)(H,16,17). The lowest BCUT2D eigenvalue weighted by molar-refractivity contribution is -0.152. The molecule has 0 aliphatic heterocycles. The van der Waals surface area contributed by atoms with Gasteiger partial charge in [-0.15, -0.1) is 0 Å². The molecule has 2 N–H and O–H groups in total. The van der Waals surface area contributed by atoms with Crippen molar-refractivity contribution in [2.75, 3.05) is 13.2 Å². The van der Waals surface area contributed by atoms with Crippen LogP contribution in [0.4, 0.5) is 0 Å². The van der Waals surface area contributed by atoms with Gasteiger partial charge in [0.2, 0.25) is 5.91 Å². The molecule has 0 aromatic carbocycles. The summed E-state index contributed by atoms with van der Waals surface area (Å²) in [6, 6.07) is 0. The minimum absolute atomic E-state index is 0.135. The minimum Gasteiger partial charge on any atom is -0.481 e. The number of nitrogens with one attached hydrogen (secondary N) is 1. The van der Waals surface area contributed by atoms with Crippen molar-refractivity contribution in [1.29, 1.82) is 0 Å². The average Bonchev–Trinajstić information content (AvgIpc) is 2.74. The van der Waals surface area contributed by atoms with E-state index in [2.05, 4.69) is 5.32 Å². The van der Waals surface area contributed by atoms with Crippen LogP contribution in [-0.2, 0) is 14.3 Å². The van der Waals surface area contributed by atoms with Crippen LogP contribution in [0.1, 0.15) is 38.5 Å². The zero-order valence-electron chi connectivity index (χ0n) is 10.6. The smallest absolute Gasteiger partial charge is 0.307 e. The van der Waals surface area contributed by atoms with Crippen LogP contribution in [0.3, 0.4) is 0 Å². The Kier molecular flexibility index (Phi) is 4.58. The van der Waals surface area contributed by atoms with Crippen molar-refractivity contribution in [3.8, 4) is 0 Å². The molecule has 2 aliphatic carbocycles. The van der Waals surface area contributed by atoms with E-state index >= 15 is 0 Å². The van der Waals surface area contributed by atoms with Crippen molar-refractivity contribution in [2.24, 2.45) is 11.8 Å². The molecule has 2 rings (SSSR count). The monoisotopic (exact) mass is 255 g/mol.